The second-order valence-electron chi connectivity index (χ2n) is 5.02. The highest BCUT2D eigenvalue weighted by atomic mass is 79.9. The summed E-state index contributed by atoms with van der Waals surface area (Å²) in [6.07, 6.45) is 3.10. The first-order chi connectivity index (χ1) is 9.63. The van der Waals surface area contributed by atoms with E-state index in [-0.39, 0.29) is 0 Å². The molecule has 1 atom stereocenters. The monoisotopic (exact) mass is 345 g/mol. The minimum absolute atomic E-state index is 0.439. The van der Waals surface area contributed by atoms with E-state index in [0.717, 1.165) is 55.7 Å². The molecule has 0 radical (unpaired) electrons. The molecule has 0 aromatic carbocycles. The van der Waals surface area contributed by atoms with E-state index in [2.05, 4.69) is 51.8 Å². The van der Waals surface area contributed by atoms with E-state index < -0.39 is 0 Å². The van der Waals surface area contributed by atoms with Crippen molar-refractivity contribution in [3.63, 3.8) is 0 Å². The molecular weight excluding hydrogens is 318 g/mol. The second-order valence-corrected chi connectivity index (χ2v) is 5.81. The molecule has 0 amide bonds. The fourth-order valence-corrected chi connectivity index (χ4v) is 2.78. The van der Waals surface area contributed by atoms with Crippen LogP contribution in [0.1, 0.15) is 45.0 Å². The molecule has 0 fully saturated rings. The number of nitrogens with zero attached hydrogens (tertiary/aromatic N) is 2. The van der Waals surface area contributed by atoms with E-state index in [1.54, 1.807) is 0 Å². The topological polar surface area (TPSA) is 39.1 Å². The number of likely N-dealkylation sites (N-methyl/N-ethyl adjacent to an activating group) is 1. The van der Waals surface area contributed by atoms with Gasteiger partial charge >= 0.3 is 0 Å². The van der Waals surface area contributed by atoms with Gasteiger partial charge in [-0.25, -0.2) is 0 Å². The molecule has 0 spiro atoms. The van der Waals surface area contributed by atoms with Gasteiger partial charge in [-0.3, -0.25) is 4.68 Å². The maximum Gasteiger partial charge on any atom is 0.0738 e. The summed E-state index contributed by atoms with van der Waals surface area (Å²) in [4.78, 5) is 0. The molecule has 20 heavy (non-hydrogen) atoms. The van der Waals surface area contributed by atoms with Gasteiger partial charge in [0.25, 0.3) is 0 Å². The summed E-state index contributed by atoms with van der Waals surface area (Å²) in [5.74, 6) is 0. The van der Waals surface area contributed by atoms with Crippen molar-refractivity contribution in [1.82, 2.24) is 15.1 Å². The van der Waals surface area contributed by atoms with E-state index >= 15 is 0 Å². The Bertz CT molecular complexity index is 393. The zero-order chi connectivity index (χ0) is 15.0. The molecule has 1 aromatic rings. The van der Waals surface area contributed by atoms with Crippen LogP contribution >= 0.6 is 15.9 Å². The lowest BCUT2D eigenvalue weighted by atomic mass is 10.1. The molecule has 4 nitrogen and oxygen atoms in total. The fourth-order valence-electron chi connectivity index (χ4n) is 2.33. The van der Waals surface area contributed by atoms with Crippen molar-refractivity contribution in [2.45, 2.75) is 59.5 Å². The minimum atomic E-state index is 0.439. The number of hydrogen-bond donors (Lipinski definition) is 1. The molecule has 1 unspecified atom stereocenters. The number of rotatable bonds is 10. The average Bonchev–Trinajstić information content (AvgIpc) is 2.71. The van der Waals surface area contributed by atoms with Gasteiger partial charge in [-0.1, -0.05) is 13.8 Å². The highest BCUT2D eigenvalue weighted by molar-refractivity contribution is 9.10. The fraction of sp³-hybridized carbons (Fsp3) is 0.800. The zero-order valence-electron chi connectivity index (χ0n) is 13.2. The number of nitrogens with one attached hydrogen (secondary N) is 1. The molecular formula is C15H28BrN3O. The number of hydrogen-bond acceptors (Lipinski definition) is 3. The van der Waals surface area contributed by atoms with Crippen LogP contribution in [0.4, 0.5) is 0 Å². The molecule has 116 valence electrons. The molecule has 0 saturated carbocycles. The number of aromatic nitrogens is 2. The van der Waals surface area contributed by atoms with Gasteiger partial charge < -0.3 is 10.1 Å². The number of halogens is 1. The second kappa shape index (κ2) is 9.53. The molecule has 0 aliphatic carbocycles. The van der Waals surface area contributed by atoms with Crippen LogP contribution in [0.3, 0.4) is 0 Å². The largest absolute Gasteiger partial charge is 0.381 e. The Kier molecular flexibility index (Phi) is 8.41. The average molecular weight is 346 g/mol. The molecule has 5 heteroatoms. The van der Waals surface area contributed by atoms with Crippen molar-refractivity contribution in [2.24, 2.45) is 0 Å². The number of aryl methyl sites for hydroxylation is 2. The molecule has 1 aromatic heterocycles. The van der Waals surface area contributed by atoms with Gasteiger partial charge in [-0.2, -0.15) is 5.10 Å². The van der Waals surface area contributed by atoms with Gasteiger partial charge in [-0.05, 0) is 49.2 Å². The predicted molar refractivity (Wildman–Crippen MR) is 87.2 cm³/mol. The SMILES string of the molecule is CCCOCCC(Cc1c(Br)c(C)nn1CC)NCC. The highest BCUT2D eigenvalue weighted by Gasteiger charge is 2.17. The quantitative estimate of drug-likeness (QED) is 0.661. The van der Waals surface area contributed by atoms with E-state index in [4.69, 9.17) is 4.74 Å². The van der Waals surface area contributed by atoms with E-state index in [1.165, 1.54) is 5.69 Å². The summed E-state index contributed by atoms with van der Waals surface area (Å²) in [6.45, 7) is 12.0. The maximum absolute atomic E-state index is 5.62. The summed E-state index contributed by atoms with van der Waals surface area (Å²) in [7, 11) is 0. The normalized spacial score (nSPS) is 12.8. The lowest BCUT2D eigenvalue weighted by Gasteiger charge is -2.18. The van der Waals surface area contributed by atoms with E-state index in [0.29, 0.717) is 6.04 Å². The Labute approximate surface area is 131 Å². The Balaban J connectivity index is 2.64. The van der Waals surface area contributed by atoms with E-state index in [1.807, 2.05) is 6.92 Å². The molecule has 0 bridgehead atoms. The Hall–Kier alpha value is -0.390. The van der Waals surface area contributed by atoms with Gasteiger partial charge in [-0.15, -0.1) is 0 Å². The van der Waals surface area contributed by atoms with Gasteiger partial charge in [0.2, 0.25) is 0 Å². The standard InChI is InChI=1S/C15H28BrN3O/c1-5-9-20-10-8-13(17-6-2)11-14-15(16)12(4)18-19(14)7-3/h13,17H,5-11H2,1-4H3. The van der Waals surface area contributed by atoms with Crippen LogP contribution < -0.4 is 5.32 Å². The lowest BCUT2D eigenvalue weighted by Crippen LogP contribution is -2.33. The van der Waals surface area contributed by atoms with E-state index in [9.17, 15) is 0 Å². The summed E-state index contributed by atoms with van der Waals surface area (Å²) in [5.41, 5.74) is 2.35. The van der Waals surface area contributed by atoms with Crippen LogP contribution in [0, 0.1) is 6.92 Å². The molecule has 0 aliphatic heterocycles. The van der Waals surface area contributed by atoms with Gasteiger partial charge in [0.1, 0.15) is 0 Å². The summed E-state index contributed by atoms with van der Waals surface area (Å²) >= 11 is 3.67. The first-order valence-electron chi connectivity index (χ1n) is 7.66. The lowest BCUT2D eigenvalue weighted by molar-refractivity contribution is 0.124. The van der Waals surface area contributed by atoms with Gasteiger partial charge in [0.15, 0.2) is 0 Å². The van der Waals surface area contributed by atoms with Gasteiger partial charge in [0.05, 0.1) is 15.9 Å². The van der Waals surface area contributed by atoms with Crippen LogP contribution in [0.5, 0.6) is 0 Å². The van der Waals surface area contributed by atoms with Crippen LogP contribution in [0.2, 0.25) is 0 Å². The highest BCUT2D eigenvalue weighted by Crippen LogP contribution is 2.22. The zero-order valence-corrected chi connectivity index (χ0v) is 14.8. The Morgan fingerprint density at radius 2 is 2.05 bits per heavy atom. The van der Waals surface area contributed by atoms with Crippen molar-refractivity contribution in [1.29, 1.82) is 0 Å². The molecule has 1 heterocycles. The van der Waals surface area contributed by atoms with Crippen LogP contribution in [0.15, 0.2) is 4.47 Å². The smallest absolute Gasteiger partial charge is 0.0738 e. The van der Waals surface area contributed by atoms with Crippen LogP contribution in [-0.2, 0) is 17.7 Å². The molecule has 0 aliphatic rings. The summed E-state index contributed by atoms with van der Waals surface area (Å²) < 4.78 is 8.86. The van der Waals surface area contributed by atoms with Crippen molar-refractivity contribution in [3.8, 4) is 0 Å². The summed E-state index contributed by atoms with van der Waals surface area (Å²) in [6, 6.07) is 0.439. The predicted octanol–water partition coefficient (Wildman–Crippen LogP) is 3.31. The third-order valence-electron chi connectivity index (χ3n) is 3.34. The minimum Gasteiger partial charge on any atom is -0.381 e. The molecule has 0 saturated heterocycles. The Morgan fingerprint density at radius 1 is 1.30 bits per heavy atom. The van der Waals surface area contributed by atoms with Crippen molar-refractivity contribution >= 4 is 15.9 Å². The molecule has 1 N–H and O–H groups in total. The van der Waals surface area contributed by atoms with Gasteiger partial charge in [0, 0.05) is 32.2 Å². The number of ether oxygens (including phenoxy) is 1. The van der Waals surface area contributed by atoms with Crippen molar-refractivity contribution in [2.75, 3.05) is 19.8 Å². The third kappa shape index (κ3) is 5.19. The maximum atomic E-state index is 5.62. The molecule has 1 rings (SSSR count). The first kappa shape index (κ1) is 17.7. The first-order valence-corrected chi connectivity index (χ1v) is 8.46. The Morgan fingerprint density at radius 3 is 2.65 bits per heavy atom. The van der Waals surface area contributed by atoms with Crippen LogP contribution in [-0.4, -0.2) is 35.6 Å². The van der Waals surface area contributed by atoms with Crippen molar-refractivity contribution in [3.05, 3.63) is 15.9 Å². The third-order valence-corrected chi connectivity index (χ3v) is 4.38. The van der Waals surface area contributed by atoms with Crippen molar-refractivity contribution < 1.29 is 4.74 Å². The summed E-state index contributed by atoms with van der Waals surface area (Å²) in [5, 5.41) is 8.12. The van der Waals surface area contributed by atoms with Crippen LogP contribution in [0.25, 0.3) is 0 Å².